The van der Waals surface area contributed by atoms with Gasteiger partial charge in [0.1, 0.15) is 5.76 Å². The zero-order valence-electron chi connectivity index (χ0n) is 15.3. The topological polar surface area (TPSA) is 29.5 Å². The molecule has 2 aliphatic rings. The van der Waals surface area contributed by atoms with E-state index < -0.39 is 0 Å². The Kier molecular flexibility index (Phi) is 4.37. The summed E-state index contributed by atoms with van der Waals surface area (Å²) in [6.45, 7) is 0. The van der Waals surface area contributed by atoms with Crippen molar-refractivity contribution in [2.45, 2.75) is 25.7 Å². The second-order valence-corrected chi connectivity index (χ2v) is 7.17. The standard InChI is InChI=1S/C23H23NO2/c1-24(2)21-11-7-16(8-12-21)13-20-15-22(26-23(20)25)19-10-9-17-5-3-4-6-18(17)14-19/h7-15H,3-6H2,1-2H3. The maximum absolute atomic E-state index is 12.3. The number of fused-ring (bicyclic) bond motifs is 1. The summed E-state index contributed by atoms with van der Waals surface area (Å²) in [6.07, 6.45) is 8.51. The lowest BCUT2D eigenvalue weighted by atomic mass is 9.90. The van der Waals surface area contributed by atoms with Gasteiger partial charge in [-0.25, -0.2) is 4.79 Å². The number of aryl methyl sites for hydroxylation is 2. The number of carbonyl (C=O) groups excluding carboxylic acids is 1. The zero-order chi connectivity index (χ0) is 18.1. The molecule has 2 aromatic rings. The summed E-state index contributed by atoms with van der Waals surface area (Å²) in [6, 6.07) is 14.5. The minimum atomic E-state index is -0.283. The molecule has 1 aliphatic heterocycles. The van der Waals surface area contributed by atoms with Crippen molar-refractivity contribution in [3.8, 4) is 0 Å². The Hall–Kier alpha value is -2.81. The lowest BCUT2D eigenvalue weighted by molar-refractivity contribution is -0.130. The van der Waals surface area contributed by atoms with Crippen LogP contribution in [-0.4, -0.2) is 20.1 Å². The molecule has 0 atom stereocenters. The largest absolute Gasteiger partial charge is 0.422 e. The van der Waals surface area contributed by atoms with Gasteiger partial charge >= 0.3 is 5.97 Å². The molecule has 26 heavy (non-hydrogen) atoms. The van der Waals surface area contributed by atoms with Crippen molar-refractivity contribution in [3.05, 3.63) is 76.4 Å². The number of hydrogen-bond donors (Lipinski definition) is 0. The van der Waals surface area contributed by atoms with Crippen molar-refractivity contribution in [1.29, 1.82) is 0 Å². The molecule has 0 bridgehead atoms. The van der Waals surface area contributed by atoms with Gasteiger partial charge in [-0.05, 0) is 72.7 Å². The smallest absolute Gasteiger partial charge is 0.343 e. The van der Waals surface area contributed by atoms with Crippen LogP contribution in [0.4, 0.5) is 5.69 Å². The minimum Gasteiger partial charge on any atom is -0.422 e. The molecule has 0 saturated heterocycles. The summed E-state index contributed by atoms with van der Waals surface area (Å²) < 4.78 is 5.53. The molecule has 0 radical (unpaired) electrons. The number of carbonyl (C=O) groups is 1. The maximum atomic E-state index is 12.3. The molecule has 0 fully saturated rings. The number of nitrogens with zero attached hydrogens (tertiary/aromatic N) is 1. The average molecular weight is 345 g/mol. The Balaban J connectivity index is 1.61. The van der Waals surface area contributed by atoms with Crippen LogP contribution in [0.15, 0.2) is 54.1 Å². The number of ether oxygens (including phenoxy) is 1. The van der Waals surface area contributed by atoms with Crippen LogP contribution in [0.2, 0.25) is 0 Å². The van der Waals surface area contributed by atoms with E-state index in [9.17, 15) is 4.79 Å². The van der Waals surface area contributed by atoms with E-state index in [0.29, 0.717) is 11.3 Å². The van der Waals surface area contributed by atoms with Gasteiger partial charge in [0.25, 0.3) is 0 Å². The van der Waals surface area contributed by atoms with Gasteiger partial charge in [-0.1, -0.05) is 24.3 Å². The number of benzene rings is 2. The van der Waals surface area contributed by atoms with Crippen LogP contribution in [0.1, 0.15) is 35.1 Å². The van der Waals surface area contributed by atoms with Gasteiger partial charge in [0.05, 0.1) is 5.57 Å². The Morgan fingerprint density at radius 2 is 1.69 bits per heavy atom. The minimum absolute atomic E-state index is 0.283. The number of esters is 1. The van der Waals surface area contributed by atoms with E-state index in [0.717, 1.165) is 29.7 Å². The van der Waals surface area contributed by atoms with Crippen LogP contribution in [0.3, 0.4) is 0 Å². The van der Waals surface area contributed by atoms with Crippen LogP contribution in [0.5, 0.6) is 0 Å². The third-order valence-corrected chi connectivity index (χ3v) is 5.09. The van der Waals surface area contributed by atoms with Crippen molar-refractivity contribution in [1.82, 2.24) is 0 Å². The lowest BCUT2D eigenvalue weighted by Gasteiger charge is -2.16. The van der Waals surface area contributed by atoms with Gasteiger partial charge in [-0.2, -0.15) is 0 Å². The average Bonchev–Trinajstić information content (AvgIpc) is 3.02. The molecule has 0 amide bonds. The summed E-state index contributed by atoms with van der Waals surface area (Å²) in [5, 5.41) is 0. The highest BCUT2D eigenvalue weighted by Gasteiger charge is 2.23. The van der Waals surface area contributed by atoms with Crippen LogP contribution in [0, 0.1) is 0 Å². The second kappa shape index (κ2) is 6.83. The Morgan fingerprint density at radius 3 is 2.42 bits per heavy atom. The first-order chi connectivity index (χ1) is 12.6. The van der Waals surface area contributed by atoms with Crippen molar-refractivity contribution in [3.63, 3.8) is 0 Å². The highest BCUT2D eigenvalue weighted by molar-refractivity contribution is 6.05. The molecule has 1 heterocycles. The Morgan fingerprint density at radius 1 is 0.962 bits per heavy atom. The molecule has 2 aromatic carbocycles. The molecular formula is C23H23NO2. The fraction of sp³-hybridized carbons (Fsp3) is 0.261. The Labute approximate surface area is 154 Å². The van der Waals surface area contributed by atoms with Gasteiger partial charge in [0.2, 0.25) is 0 Å². The second-order valence-electron chi connectivity index (χ2n) is 7.17. The van der Waals surface area contributed by atoms with E-state index in [1.807, 2.05) is 50.5 Å². The summed E-state index contributed by atoms with van der Waals surface area (Å²) in [4.78, 5) is 14.3. The van der Waals surface area contributed by atoms with Gasteiger partial charge in [0.15, 0.2) is 0 Å². The van der Waals surface area contributed by atoms with Crippen LogP contribution in [0.25, 0.3) is 11.8 Å². The first kappa shape index (κ1) is 16.6. The summed E-state index contributed by atoms with van der Waals surface area (Å²) >= 11 is 0. The highest BCUT2D eigenvalue weighted by atomic mass is 16.5. The normalized spacial score (nSPS) is 17.7. The molecule has 0 unspecified atom stereocenters. The van der Waals surface area contributed by atoms with E-state index in [2.05, 4.69) is 23.1 Å². The molecule has 4 rings (SSSR count). The predicted molar refractivity (Wildman–Crippen MR) is 106 cm³/mol. The third-order valence-electron chi connectivity index (χ3n) is 5.09. The van der Waals surface area contributed by atoms with E-state index in [1.165, 1.54) is 24.0 Å². The van der Waals surface area contributed by atoms with Gasteiger partial charge < -0.3 is 9.64 Å². The van der Waals surface area contributed by atoms with Gasteiger partial charge in [0, 0.05) is 25.3 Å². The monoisotopic (exact) mass is 345 g/mol. The van der Waals surface area contributed by atoms with E-state index in [-0.39, 0.29) is 5.97 Å². The molecule has 132 valence electrons. The molecule has 0 aromatic heterocycles. The van der Waals surface area contributed by atoms with E-state index in [4.69, 9.17) is 4.74 Å². The number of cyclic esters (lactones) is 1. The van der Waals surface area contributed by atoms with Gasteiger partial charge in [-0.3, -0.25) is 0 Å². The molecule has 1 aliphatic carbocycles. The molecule has 3 nitrogen and oxygen atoms in total. The third kappa shape index (κ3) is 3.30. The Bertz CT molecular complexity index is 904. The highest BCUT2D eigenvalue weighted by Crippen LogP contribution is 2.31. The number of rotatable bonds is 3. The first-order valence-electron chi connectivity index (χ1n) is 9.15. The maximum Gasteiger partial charge on any atom is 0.343 e. The molecule has 0 spiro atoms. The van der Waals surface area contributed by atoms with Crippen molar-refractivity contribution in [2.75, 3.05) is 19.0 Å². The van der Waals surface area contributed by atoms with Crippen molar-refractivity contribution < 1.29 is 9.53 Å². The fourth-order valence-electron chi connectivity index (χ4n) is 3.57. The van der Waals surface area contributed by atoms with Crippen LogP contribution >= 0.6 is 0 Å². The molecule has 0 N–H and O–H groups in total. The van der Waals surface area contributed by atoms with Crippen molar-refractivity contribution >= 4 is 23.5 Å². The molecule has 3 heteroatoms. The zero-order valence-corrected chi connectivity index (χ0v) is 15.3. The predicted octanol–water partition coefficient (Wildman–Crippen LogP) is 4.61. The number of anilines is 1. The van der Waals surface area contributed by atoms with Crippen LogP contribution < -0.4 is 4.90 Å². The van der Waals surface area contributed by atoms with Gasteiger partial charge in [-0.15, -0.1) is 0 Å². The SMILES string of the molecule is CN(C)c1ccc(C=C2C=C(c3ccc4c(c3)CCCC4)OC2=O)cc1. The fourth-order valence-corrected chi connectivity index (χ4v) is 3.57. The summed E-state index contributed by atoms with van der Waals surface area (Å²) in [7, 11) is 4.02. The number of hydrogen-bond acceptors (Lipinski definition) is 3. The van der Waals surface area contributed by atoms with Crippen molar-refractivity contribution in [2.24, 2.45) is 0 Å². The first-order valence-corrected chi connectivity index (χ1v) is 9.15. The van der Waals surface area contributed by atoms with E-state index in [1.54, 1.807) is 0 Å². The molecular weight excluding hydrogens is 322 g/mol. The lowest BCUT2D eigenvalue weighted by Crippen LogP contribution is -2.07. The summed E-state index contributed by atoms with van der Waals surface area (Å²) in [5.41, 5.74) is 6.53. The van der Waals surface area contributed by atoms with E-state index >= 15 is 0 Å². The molecule has 0 saturated carbocycles. The summed E-state index contributed by atoms with van der Waals surface area (Å²) in [5.74, 6) is 0.369. The van der Waals surface area contributed by atoms with Crippen LogP contribution in [-0.2, 0) is 22.4 Å². The quantitative estimate of drug-likeness (QED) is 0.601.